The first-order valence-electron chi connectivity index (χ1n) is 8.94. The smallest absolute Gasteiger partial charge is 0.243 e. The number of hydrogen-bond acceptors (Lipinski definition) is 6. The summed E-state index contributed by atoms with van der Waals surface area (Å²) in [4.78, 5) is 13.8. The van der Waals surface area contributed by atoms with Crippen molar-refractivity contribution in [3.05, 3.63) is 41.8 Å². The molecule has 0 unspecified atom stereocenters. The minimum atomic E-state index is 0.195. The van der Waals surface area contributed by atoms with Crippen molar-refractivity contribution in [1.82, 2.24) is 24.9 Å². The molecule has 0 N–H and O–H groups in total. The molecule has 1 saturated carbocycles. The van der Waals surface area contributed by atoms with Gasteiger partial charge in [0.2, 0.25) is 5.89 Å². The number of rotatable bonds is 5. The lowest BCUT2D eigenvalue weighted by atomic mass is 10.1. The first-order valence-corrected chi connectivity index (χ1v) is 8.94. The van der Waals surface area contributed by atoms with E-state index in [9.17, 15) is 0 Å². The topological polar surface area (TPSA) is 58.3 Å². The molecule has 1 saturated heterocycles. The van der Waals surface area contributed by atoms with E-state index >= 15 is 0 Å². The van der Waals surface area contributed by atoms with E-state index in [1.54, 1.807) is 0 Å². The molecule has 2 fully saturated rings. The highest BCUT2D eigenvalue weighted by atomic mass is 16.5. The monoisotopic (exact) mass is 327 g/mol. The van der Waals surface area contributed by atoms with Crippen LogP contribution in [0.5, 0.6) is 0 Å². The van der Waals surface area contributed by atoms with Gasteiger partial charge in [-0.15, -0.1) is 0 Å². The van der Waals surface area contributed by atoms with Gasteiger partial charge < -0.3 is 4.52 Å². The van der Waals surface area contributed by atoms with Crippen LogP contribution in [0.25, 0.3) is 0 Å². The molecule has 1 aliphatic carbocycles. The van der Waals surface area contributed by atoms with Gasteiger partial charge in [0.1, 0.15) is 0 Å². The molecule has 1 aliphatic heterocycles. The maximum atomic E-state index is 5.50. The quantitative estimate of drug-likeness (QED) is 0.841. The highest BCUT2D eigenvalue weighted by Gasteiger charge is 2.32. The summed E-state index contributed by atoms with van der Waals surface area (Å²) in [6.07, 6.45) is 6.21. The van der Waals surface area contributed by atoms with E-state index in [1.165, 1.54) is 18.4 Å². The fourth-order valence-corrected chi connectivity index (χ4v) is 3.43. The molecular formula is C18H25N5O. The third-order valence-electron chi connectivity index (χ3n) is 5.37. The Morgan fingerprint density at radius 3 is 2.42 bits per heavy atom. The molecule has 24 heavy (non-hydrogen) atoms. The summed E-state index contributed by atoms with van der Waals surface area (Å²) in [5.41, 5.74) is 1.28. The van der Waals surface area contributed by atoms with Gasteiger partial charge in [0.05, 0.1) is 6.04 Å². The summed E-state index contributed by atoms with van der Waals surface area (Å²) in [6, 6.07) is 4.77. The summed E-state index contributed by atoms with van der Waals surface area (Å²) in [6.45, 7) is 8.56. The molecule has 2 aromatic rings. The van der Waals surface area contributed by atoms with Crippen molar-refractivity contribution in [3.8, 4) is 0 Å². The van der Waals surface area contributed by atoms with Crippen LogP contribution in [0.1, 0.15) is 62.0 Å². The van der Waals surface area contributed by atoms with Gasteiger partial charge >= 0.3 is 0 Å². The third kappa shape index (κ3) is 3.21. The lowest BCUT2D eigenvalue weighted by molar-refractivity contribution is 0.0677. The Bertz CT molecular complexity index is 661. The van der Waals surface area contributed by atoms with Gasteiger partial charge in [-0.25, -0.2) is 0 Å². The van der Waals surface area contributed by atoms with E-state index in [4.69, 9.17) is 4.52 Å². The van der Waals surface area contributed by atoms with Gasteiger partial charge in [-0.05, 0) is 38.3 Å². The molecule has 3 heterocycles. The molecule has 2 aliphatic rings. The number of aromatic nitrogens is 3. The Hall–Kier alpha value is -1.79. The fraction of sp³-hybridized carbons (Fsp3) is 0.611. The van der Waals surface area contributed by atoms with Gasteiger partial charge in [0.25, 0.3) is 0 Å². The molecule has 4 rings (SSSR count). The second kappa shape index (κ2) is 6.61. The van der Waals surface area contributed by atoms with Crippen molar-refractivity contribution in [3.63, 3.8) is 0 Å². The van der Waals surface area contributed by atoms with Crippen molar-refractivity contribution in [1.29, 1.82) is 0 Å². The van der Waals surface area contributed by atoms with Crippen molar-refractivity contribution >= 4 is 0 Å². The normalized spacial score (nSPS) is 22.4. The SMILES string of the molecule is C[C@H](c1cccnc1)N1CCN([C@H](C)c2nc(C3CC3)no2)CC1. The van der Waals surface area contributed by atoms with E-state index in [0.29, 0.717) is 12.0 Å². The van der Waals surface area contributed by atoms with E-state index in [2.05, 4.69) is 44.8 Å². The summed E-state index contributed by atoms with van der Waals surface area (Å²) >= 11 is 0. The van der Waals surface area contributed by atoms with Gasteiger partial charge in [0, 0.05) is 50.5 Å². The number of hydrogen-bond donors (Lipinski definition) is 0. The maximum absolute atomic E-state index is 5.50. The van der Waals surface area contributed by atoms with Crippen molar-refractivity contribution < 1.29 is 4.52 Å². The average molecular weight is 327 g/mol. The van der Waals surface area contributed by atoms with Crippen LogP contribution >= 0.6 is 0 Å². The largest absolute Gasteiger partial charge is 0.338 e. The Kier molecular flexibility index (Phi) is 4.33. The van der Waals surface area contributed by atoms with E-state index in [1.807, 2.05) is 18.5 Å². The molecule has 0 aromatic carbocycles. The Morgan fingerprint density at radius 1 is 1.08 bits per heavy atom. The lowest BCUT2D eigenvalue weighted by Gasteiger charge is -2.39. The molecular weight excluding hydrogens is 302 g/mol. The van der Waals surface area contributed by atoms with Crippen LogP contribution in [0.4, 0.5) is 0 Å². The van der Waals surface area contributed by atoms with Gasteiger partial charge in [-0.3, -0.25) is 14.8 Å². The summed E-state index contributed by atoms with van der Waals surface area (Å²) < 4.78 is 5.50. The zero-order valence-corrected chi connectivity index (χ0v) is 14.4. The van der Waals surface area contributed by atoms with Crippen molar-refractivity contribution in [2.45, 2.75) is 44.7 Å². The molecule has 128 valence electrons. The zero-order chi connectivity index (χ0) is 16.5. The predicted molar refractivity (Wildman–Crippen MR) is 90.5 cm³/mol. The zero-order valence-electron chi connectivity index (χ0n) is 14.4. The minimum Gasteiger partial charge on any atom is -0.338 e. The second-order valence-corrected chi connectivity index (χ2v) is 6.98. The maximum Gasteiger partial charge on any atom is 0.243 e. The van der Waals surface area contributed by atoms with Crippen molar-refractivity contribution in [2.24, 2.45) is 0 Å². The first kappa shape index (κ1) is 15.7. The van der Waals surface area contributed by atoms with Gasteiger partial charge in [-0.2, -0.15) is 4.98 Å². The standard InChI is InChI=1S/C18H25N5O/c1-13(16-4-3-7-19-12-16)22-8-10-23(11-9-22)14(2)18-20-17(21-24-18)15-5-6-15/h3-4,7,12-15H,5-6,8-11H2,1-2H3/t13-,14-/m1/s1. The third-order valence-corrected chi connectivity index (χ3v) is 5.37. The minimum absolute atomic E-state index is 0.195. The fourth-order valence-electron chi connectivity index (χ4n) is 3.43. The Labute approximate surface area is 142 Å². The summed E-state index contributed by atoms with van der Waals surface area (Å²) in [7, 11) is 0. The predicted octanol–water partition coefficient (Wildman–Crippen LogP) is 2.78. The first-order chi connectivity index (χ1) is 11.7. The number of nitrogens with zero attached hydrogens (tertiary/aromatic N) is 5. The van der Waals surface area contributed by atoms with Gasteiger partial charge in [-0.1, -0.05) is 11.2 Å². The van der Waals surface area contributed by atoms with Crippen LogP contribution in [0.2, 0.25) is 0 Å². The van der Waals surface area contributed by atoms with E-state index < -0.39 is 0 Å². The van der Waals surface area contributed by atoms with Crippen LogP contribution in [0, 0.1) is 0 Å². The van der Waals surface area contributed by atoms with Crippen LogP contribution in [0.3, 0.4) is 0 Å². The summed E-state index contributed by atoms with van der Waals surface area (Å²) in [5.74, 6) is 2.22. The molecule has 0 radical (unpaired) electrons. The van der Waals surface area contributed by atoms with Crippen LogP contribution in [-0.4, -0.2) is 51.1 Å². The van der Waals surface area contributed by atoms with Gasteiger partial charge in [0.15, 0.2) is 5.82 Å². The summed E-state index contributed by atoms with van der Waals surface area (Å²) in [5, 5.41) is 4.15. The van der Waals surface area contributed by atoms with Crippen molar-refractivity contribution in [2.75, 3.05) is 26.2 Å². The molecule has 0 spiro atoms. The molecule has 2 aromatic heterocycles. The molecule has 6 heteroatoms. The Morgan fingerprint density at radius 2 is 1.79 bits per heavy atom. The average Bonchev–Trinajstić information content (AvgIpc) is 3.38. The highest BCUT2D eigenvalue weighted by molar-refractivity contribution is 5.13. The number of pyridine rings is 1. The van der Waals surface area contributed by atoms with Crippen LogP contribution in [0.15, 0.2) is 29.0 Å². The highest BCUT2D eigenvalue weighted by Crippen LogP contribution is 2.38. The van der Waals surface area contributed by atoms with Crippen LogP contribution in [-0.2, 0) is 0 Å². The Balaban J connectivity index is 1.35. The number of piperazine rings is 1. The van der Waals surface area contributed by atoms with E-state index in [-0.39, 0.29) is 6.04 Å². The lowest BCUT2D eigenvalue weighted by Crippen LogP contribution is -2.47. The molecule has 6 nitrogen and oxygen atoms in total. The molecule has 0 bridgehead atoms. The second-order valence-electron chi connectivity index (χ2n) is 6.98. The molecule has 0 amide bonds. The molecule has 2 atom stereocenters. The van der Waals surface area contributed by atoms with Crippen LogP contribution < -0.4 is 0 Å². The van der Waals surface area contributed by atoms with E-state index in [0.717, 1.165) is 37.9 Å².